The Balaban J connectivity index is 1.25. The zero-order valence-corrected chi connectivity index (χ0v) is 13.4. The van der Waals surface area contributed by atoms with Gasteiger partial charge in [-0.25, -0.2) is 0 Å². The molecule has 0 N–H and O–H groups in total. The van der Waals surface area contributed by atoms with Crippen molar-refractivity contribution in [2.75, 3.05) is 19.8 Å². The average molecular weight is 307 g/mol. The summed E-state index contributed by atoms with van der Waals surface area (Å²) < 4.78 is 12.1. The first-order valence-electron chi connectivity index (χ1n) is 8.37. The van der Waals surface area contributed by atoms with Crippen molar-refractivity contribution in [3.8, 4) is 0 Å². The van der Waals surface area contributed by atoms with Gasteiger partial charge in [0.15, 0.2) is 0 Å². The predicted octanol–water partition coefficient (Wildman–Crippen LogP) is 3.30. The summed E-state index contributed by atoms with van der Waals surface area (Å²) >= 11 is 1.79. The van der Waals surface area contributed by atoms with E-state index >= 15 is 0 Å². The number of fused-ring (bicyclic) bond motifs is 1. The van der Waals surface area contributed by atoms with Gasteiger partial charge in [-0.1, -0.05) is 0 Å². The summed E-state index contributed by atoms with van der Waals surface area (Å²) in [6, 6.07) is 2.88. The zero-order chi connectivity index (χ0) is 14.1. The highest BCUT2D eigenvalue weighted by Crippen LogP contribution is 2.33. The number of nitrogens with zero attached hydrogens (tertiary/aromatic N) is 1. The monoisotopic (exact) mass is 307 g/mol. The fourth-order valence-electron chi connectivity index (χ4n) is 3.67. The van der Waals surface area contributed by atoms with Crippen LogP contribution in [-0.4, -0.2) is 42.9 Å². The Labute approximate surface area is 131 Å². The lowest BCUT2D eigenvalue weighted by molar-refractivity contribution is -0.101. The summed E-state index contributed by atoms with van der Waals surface area (Å²) in [5.74, 6) is 0.855. The van der Waals surface area contributed by atoms with Crippen molar-refractivity contribution in [2.24, 2.45) is 5.92 Å². The van der Waals surface area contributed by atoms with Crippen molar-refractivity contribution in [1.82, 2.24) is 4.90 Å². The lowest BCUT2D eigenvalue weighted by Gasteiger charge is -2.36. The second-order valence-electron chi connectivity index (χ2n) is 6.81. The van der Waals surface area contributed by atoms with Crippen molar-refractivity contribution in [2.45, 2.75) is 56.9 Å². The van der Waals surface area contributed by atoms with E-state index in [-0.39, 0.29) is 0 Å². The Morgan fingerprint density at radius 2 is 2.14 bits per heavy atom. The molecule has 1 saturated carbocycles. The zero-order valence-electron chi connectivity index (χ0n) is 12.6. The number of rotatable bonds is 6. The molecule has 116 valence electrons. The van der Waals surface area contributed by atoms with E-state index < -0.39 is 0 Å². The fourth-order valence-corrected chi connectivity index (χ4v) is 4.33. The minimum absolute atomic E-state index is 0.339. The van der Waals surface area contributed by atoms with E-state index in [2.05, 4.69) is 21.7 Å². The van der Waals surface area contributed by atoms with Crippen LogP contribution in [0.2, 0.25) is 0 Å². The van der Waals surface area contributed by atoms with Crippen molar-refractivity contribution in [3.05, 3.63) is 22.4 Å². The number of likely N-dealkylation sites (tertiary alicyclic amines) is 1. The Morgan fingerprint density at radius 3 is 2.95 bits per heavy atom. The van der Waals surface area contributed by atoms with Crippen molar-refractivity contribution in [3.63, 3.8) is 0 Å². The first-order chi connectivity index (χ1) is 10.4. The smallest absolute Gasteiger partial charge is 0.0813 e. The summed E-state index contributed by atoms with van der Waals surface area (Å²) in [4.78, 5) is 2.62. The number of ether oxygens (including phenoxy) is 2. The molecule has 1 aliphatic carbocycles. The normalized spacial score (nSPS) is 33.2. The van der Waals surface area contributed by atoms with E-state index in [0.717, 1.165) is 32.1 Å². The van der Waals surface area contributed by atoms with E-state index in [1.807, 2.05) is 0 Å². The molecule has 2 saturated heterocycles. The second-order valence-corrected chi connectivity index (χ2v) is 7.59. The highest BCUT2D eigenvalue weighted by Gasteiger charge is 2.39. The van der Waals surface area contributed by atoms with E-state index in [1.165, 1.54) is 37.8 Å². The summed E-state index contributed by atoms with van der Waals surface area (Å²) in [6.45, 7) is 4.04. The minimum atomic E-state index is 0.339. The molecule has 4 heteroatoms. The molecule has 3 atom stereocenters. The summed E-state index contributed by atoms with van der Waals surface area (Å²) in [7, 11) is 0. The van der Waals surface area contributed by atoms with Gasteiger partial charge in [0, 0.05) is 25.7 Å². The first kappa shape index (κ1) is 14.2. The van der Waals surface area contributed by atoms with Crippen LogP contribution in [0.25, 0.3) is 0 Å². The Morgan fingerprint density at radius 1 is 1.19 bits per heavy atom. The van der Waals surface area contributed by atoms with Crippen LogP contribution >= 0.6 is 11.3 Å². The van der Waals surface area contributed by atoms with Crippen molar-refractivity contribution < 1.29 is 9.47 Å². The molecular weight excluding hydrogens is 282 g/mol. The number of hydrogen-bond acceptors (Lipinski definition) is 4. The molecule has 3 fully saturated rings. The molecule has 1 aromatic rings. The molecule has 0 spiro atoms. The van der Waals surface area contributed by atoms with Crippen LogP contribution in [0.1, 0.15) is 37.7 Å². The van der Waals surface area contributed by atoms with Gasteiger partial charge < -0.3 is 9.47 Å². The fraction of sp³-hybridized carbons (Fsp3) is 0.765. The van der Waals surface area contributed by atoms with Gasteiger partial charge in [-0.2, -0.15) is 11.3 Å². The van der Waals surface area contributed by atoms with Crippen LogP contribution in [0.4, 0.5) is 0 Å². The summed E-state index contributed by atoms with van der Waals surface area (Å²) in [6.07, 6.45) is 7.13. The molecule has 3 aliphatic rings. The molecule has 2 aliphatic heterocycles. The molecule has 0 radical (unpaired) electrons. The quantitative estimate of drug-likeness (QED) is 0.805. The molecule has 3 heterocycles. The molecule has 0 unspecified atom stereocenters. The van der Waals surface area contributed by atoms with Crippen LogP contribution in [0.15, 0.2) is 16.8 Å². The maximum Gasteiger partial charge on any atom is 0.0813 e. The third-order valence-electron chi connectivity index (χ3n) is 5.07. The number of thiophene rings is 1. The summed E-state index contributed by atoms with van der Waals surface area (Å²) in [5, 5.41) is 4.44. The van der Waals surface area contributed by atoms with E-state index in [4.69, 9.17) is 9.47 Å². The van der Waals surface area contributed by atoms with Crippen LogP contribution in [0.3, 0.4) is 0 Å². The molecule has 0 amide bonds. The molecular formula is C17H25NO2S. The highest BCUT2D eigenvalue weighted by atomic mass is 32.1. The maximum absolute atomic E-state index is 6.30. The lowest BCUT2D eigenvalue weighted by Crippen LogP contribution is -2.43. The average Bonchev–Trinajstić information content (AvgIpc) is 3.03. The Bertz CT molecular complexity index is 446. The van der Waals surface area contributed by atoms with Crippen LogP contribution < -0.4 is 0 Å². The minimum Gasteiger partial charge on any atom is -0.378 e. The molecule has 3 nitrogen and oxygen atoms in total. The molecule has 21 heavy (non-hydrogen) atoms. The Hall–Kier alpha value is -0.420. The van der Waals surface area contributed by atoms with Gasteiger partial charge in [-0.05, 0) is 60.4 Å². The third-order valence-corrected chi connectivity index (χ3v) is 5.80. The third kappa shape index (κ3) is 3.50. The molecule has 4 rings (SSSR count). The number of hydrogen-bond donors (Lipinski definition) is 0. The molecule has 0 bridgehead atoms. The molecule has 0 aromatic carbocycles. The van der Waals surface area contributed by atoms with E-state index in [1.54, 1.807) is 11.3 Å². The first-order valence-corrected chi connectivity index (χ1v) is 9.31. The molecule has 1 aromatic heterocycles. The standard InChI is InChI=1S/C17H25NO2S/c1-2-13(1)10-19-11-15-3-4-16-17(20-15)5-7-18(16)9-14-6-8-21-12-14/h6,8,12-13,15-17H,1-5,7,9-11H2/t15-,16-,17-/m1/s1. The summed E-state index contributed by atoms with van der Waals surface area (Å²) in [5.41, 5.74) is 1.45. The van der Waals surface area contributed by atoms with Crippen molar-refractivity contribution in [1.29, 1.82) is 0 Å². The van der Waals surface area contributed by atoms with E-state index in [0.29, 0.717) is 18.2 Å². The van der Waals surface area contributed by atoms with Gasteiger partial charge in [0.25, 0.3) is 0 Å². The highest BCUT2D eigenvalue weighted by molar-refractivity contribution is 7.07. The van der Waals surface area contributed by atoms with E-state index in [9.17, 15) is 0 Å². The SMILES string of the molecule is c1cc(CN2CC[C@H]3O[C@@H](COCC4CC4)CC[C@H]32)cs1. The predicted molar refractivity (Wildman–Crippen MR) is 84.6 cm³/mol. The van der Waals surface area contributed by atoms with Gasteiger partial charge in [0.05, 0.1) is 18.8 Å². The van der Waals surface area contributed by atoms with Gasteiger partial charge in [0.1, 0.15) is 0 Å². The lowest BCUT2D eigenvalue weighted by atomic mass is 9.99. The van der Waals surface area contributed by atoms with Crippen molar-refractivity contribution >= 4 is 11.3 Å². The van der Waals surface area contributed by atoms with Gasteiger partial charge in [0.2, 0.25) is 0 Å². The Kier molecular flexibility index (Phi) is 4.30. The van der Waals surface area contributed by atoms with Crippen LogP contribution in [0.5, 0.6) is 0 Å². The van der Waals surface area contributed by atoms with Gasteiger partial charge in [-0.3, -0.25) is 4.90 Å². The van der Waals surface area contributed by atoms with Gasteiger partial charge in [-0.15, -0.1) is 0 Å². The van der Waals surface area contributed by atoms with Crippen LogP contribution in [0, 0.1) is 5.92 Å². The largest absolute Gasteiger partial charge is 0.378 e. The maximum atomic E-state index is 6.30. The van der Waals surface area contributed by atoms with Crippen LogP contribution in [-0.2, 0) is 16.0 Å². The van der Waals surface area contributed by atoms with Gasteiger partial charge >= 0.3 is 0 Å². The second kappa shape index (κ2) is 6.37. The topological polar surface area (TPSA) is 21.7 Å².